The van der Waals surface area contributed by atoms with E-state index in [-0.39, 0.29) is 12.1 Å². The van der Waals surface area contributed by atoms with Crippen LogP contribution in [-0.4, -0.2) is 27.1 Å². The van der Waals surface area contributed by atoms with Gasteiger partial charge in [0.15, 0.2) is 0 Å². The van der Waals surface area contributed by atoms with Gasteiger partial charge in [-0.1, -0.05) is 55.7 Å². The van der Waals surface area contributed by atoms with Gasteiger partial charge in [-0.05, 0) is 65.8 Å². The number of benzene rings is 3. The molecule has 3 aromatic carbocycles. The van der Waals surface area contributed by atoms with Gasteiger partial charge in [0.25, 0.3) is 5.91 Å². The second-order valence-electron chi connectivity index (χ2n) is 10.1. The maximum Gasteiger partial charge on any atom is 0.417 e. The molecule has 2 unspecified atom stereocenters. The molecular formula is C30H30F3N3O3S. The van der Waals surface area contributed by atoms with Crippen LogP contribution in [0.3, 0.4) is 0 Å². The minimum absolute atomic E-state index is 0.0561. The van der Waals surface area contributed by atoms with Crippen LogP contribution in [0.5, 0.6) is 0 Å². The fourth-order valence-electron chi connectivity index (χ4n) is 5.35. The van der Waals surface area contributed by atoms with Crippen molar-refractivity contribution in [3.8, 4) is 17.2 Å². The summed E-state index contributed by atoms with van der Waals surface area (Å²) in [5.41, 5.74) is -0.848. The number of nitrogens with zero attached hydrogens (tertiary/aromatic N) is 1. The van der Waals surface area contributed by atoms with Crippen LogP contribution in [-0.2, 0) is 28.4 Å². The lowest BCUT2D eigenvalue weighted by molar-refractivity contribution is -0.142. The highest BCUT2D eigenvalue weighted by Gasteiger charge is 2.45. The summed E-state index contributed by atoms with van der Waals surface area (Å²) in [6.07, 6.45) is 0.544. The number of hydrogen-bond acceptors (Lipinski definition) is 4. The first-order valence-corrected chi connectivity index (χ1v) is 14.5. The van der Waals surface area contributed by atoms with Gasteiger partial charge in [0, 0.05) is 24.1 Å². The molecule has 2 atom stereocenters. The van der Waals surface area contributed by atoms with Crippen LogP contribution in [0, 0.1) is 17.2 Å². The third-order valence-corrected chi connectivity index (χ3v) is 7.81. The topological polar surface area (TPSA) is 102 Å². The number of carbonyl (C=O) groups excluding carboxylic acids is 1. The van der Waals surface area contributed by atoms with Gasteiger partial charge < -0.3 is 15.1 Å². The van der Waals surface area contributed by atoms with E-state index in [1.54, 1.807) is 12.1 Å². The Kier molecular flexibility index (Phi) is 8.96. The Morgan fingerprint density at radius 3 is 2.42 bits per heavy atom. The van der Waals surface area contributed by atoms with Crippen molar-refractivity contribution in [2.75, 3.05) is 16.3 Å². The summed E-state index contributed by atoms with van der Waals surface area (Å²) in [6.45, 7) is 0. The van der Waals surface area contributed by atoms with E-state index in [0.29, 0.717) is 24.1 Å². The molecule has 0 heterocycles. The molecule has 1 aliphatic carbocycles. The number of nitrogens with one attached hydrogen (secondary N) is 2. The second kappa shape index (κ2) is 12.2. The lowest BCUT2D eigenvalue weighted by Gasteiger charge is -2.38. The summed E-state index contributed by atoms with van der Waals surface area (Å²) in [4.78, 5) is 13.7. The Morgan fingerprint density at radius 2 is 1.75 bits per heavy atom. The number of anilines is 2. The van der Waals surface area contributed by atoms with E-state index in [0.717, 1.165) is 42.5 Å². The Hall–Kier alpha value is -3.68. The molecule has 1 fully saturated rings. The third-order valence-electron chi connectivity index (χ3n) is 7.29. The number of aliphatic hydroxyl groups is 1. The number of carbonyl (C=O) groups is 1. The van der Waals surface area contributed by atoms with E-state index in [9.17, 15) is 27.3 Å². The summed E-state index contributed by atoms with van der Waals surface area (Å²) < 4.78 is 55.1. The lowest BCUT2D eigenvalue weighted by atomic mass is 9.72. The monoisotopic (exact) mass is 569 g/mol. The fraction of sp³-hybridized carbons (Fsp3) is 0.333. The zero-order chi connectivity index (χ0) is 28.9. The summed E-state index contributed by atoms with van der Waals surface area (Å²) >= 11 is 0. The van der Waals surface area contributed by atoms with E-state index >= 15 is 0 Å². The maximum absolute atomic E-state index is 13.7. The first kappa shape index (κ1) is 29.3. The highest BCUT2D eigenvalue weighted by atomic mass is 32.2. The van der Waals surface area contributed by atoms with Crippen molar-refractivity contribution in [3.05, 3.63) is 83.4 Å². The molecule has 1 amide bonds. The van der Waals surface area contributed by atoms with Crippen molar-refractivity contribution in [3.63, 3.8) is 0 Å². The molecule has 210 valence electrons. The number of alkyl halides is 3. The van der Waals surface area contributed by atoms with Crippen LogP contribution in [0.1, 0.15) is 48.8 Å². The summed E-state index contributed by atoms with van der Waals surface area (Å²) in [5.74, 6) is -1.19. The summed E-state index contributed by atoms with van der Waals surface area (Å²) in [6, 6.07) is 19.1. The van der Waals surface area contributed by atoms with E-state index in [4.69, 9.17) is 5.26 Å². The molecule has 10 heteroatoms. The SMILES string of the molecule is CS(=O)Nc1cccc(-c2ccccc2CC(O)(C(=O)Nc2ccc(C#N)c(C(F)(F)F)c2)C2CCCCC2)c1. The smallest absolute Gasteiger partial charge is 0.379 e. The minimum Gasteiger partial charge on any atom is -0.379 e. The lowest BCUT2D eigenvalue weighted by Crippen LogP contribution is -2.51. The molecule has 1 saturated carbocycles. The first-order valence-electron chi connectivity index (χ1n) is 12.9. The maximum atomic E-state index is 13.7. The number of halogens is 3. The third kappa shape index (κ3) is 6.72. The Morgan fingerprint density at radius 1 is 1.02 bits per heavy atom. The highest BCUT2D eigenvalue weighted by molar-refractivity contribution is 7.85. The Labute approximate surface area is 233 Å². The average molecular weight is 570 g/mol. The standard InChI is InChI=1S/C30H30F3N3O3S/c1-40(39)36-25-12-7-9-20(16-25)26-13-6-5-8-21(26)18-29(38,23-10-3-2-4-11-23)28(37)35-24-15-14-22(19-34)27(17-24)30(31,32)33/h5-9,12-17,23,36,38H,2-4,10-11,18H2,1H3,(H,35,37). The van der Waals surface area contributed by atoms with Crippen molar-refractivity contribution >= 4 is 28.3 Å². The number of hydrogen-bond donors (Lipinski definition) is 3. The van der Waals surface area contributed by atoms with Crippen LogP contribution in [0.2, 0.25) is 0 Å². The van der Waals surface area contributed by atoms with E-state index in [1.165, 1.54) is 18.4 Å². The van der Waals surface area contributed by atoms with Crippen molar-refractivity contribution < 1.29 is 27.3 Å². The van der Waals surface area contributed by atoms with E-state index in [1.807, 2.05) is 36.4 Å². The van der Waals surface area contributed by atoms with Crippen LogP contribution in [0.15, 0.2) is 66.7 Å². The molecule has 6 nitrogen and oxygen atoms in total. The molecule has 40 heavy (non-hydrogen) atoms. The van der Waals surface area contributed by atoms with Crippen molar-refractivity contribution in [2.45, 2.75) is 50.3 Å². The largest absolute Gasteiger partial charge is 0.417 e. The molecule has 1 aliphatic rings. The van der Waals surface area contributed by atoms with Crippen LogP contribution in [0.4, 0.5) is 24.5 Å². The first-order chi connectivity index (χ1) is 19.0. The quantitative estimate of drug-likeness (QED) is 0.290. The summed E-state index contributed by atoms with van der Waals surface area (Å²) in [7, 11) is -1.27. The van der Waals surface area contributed by atoms with Crippen molar-refractivity contribution in [2.24, 2.45) is 5.92 Å². The van der Waals surface area contributed by atoms with Gasteiger partial charge in [-0.15, -0.1) is 0 Å². The predicted octanol–water partition coefficient (Wildman–Crippen LogP) is 6.44. The minimum atomic E-state index is -4.78. The van der Waals surface area contributed by atoms with Gasteiger partial charge in [0.2, 0.25) is 0 Å². The molecular weight excluding hydrogens is 539 g/mol. The molecule has 0 saturated heterocycles. The van der Waals surface area contributed by atoms with Gasteiger partial charge in [-0.2, -0.15) is 18.4 Å². The van der Waals surface area contributed by atoms with Gasteiger partial charge >= 0.3 is 6.18 Å². The Bertz CT molecular complexity index is 1450. The zero-order valence-electron chi connectivity index (χ0n) is 21.9. The molecule has 0 bridgehead atoms. The predicted molar refractivity (Wildman–Crippen MR) is 150 cm³/mol. The molecule has 3 N–H and O–H groups in total. The van der Waals surface area contributed by atoms with Crippen molar-refractivity contribution in [1.29, 1.82) is 5.26 Å². The van der Waals surface area contributed by atoms with Gasteiger partial charge in [0.05, 0.1) is 17.2 Å². The number of nitriles is 1. The second-order valence-corrected chi connectivity index (χ2v) is 11.2. The van der Waals surface area contributed by atoms with Gasteiger partial charge in [-0.3, -0.25) is 4.79 Å². The molecule has 0 aliphatic heterocycles. The molecule has 0 spiro atoms. The summed E-state index contributed by atoms with van der Waals surface area (Å²) in [5, 5.41) is 23.7. The zero-order valence-corrected chi connectivity index (χ0v) is 22.7. The molecule has 4 rings (SSSR count). The number of rotatable bonds is 8. The average Bonchev–Trinajstić information content (AvgIpc) is 2.93. The van der Waals surface area contributed by atoms with E-state index in [2.05, 4.69) is 10.0 Å². The van der Waals surface area contributed by atoms with Crippen LogP contribution < -0.4 is 10.0 Å². The molecule has 0 aromatic heterocycles. The molecule has 0 radical (unpaired) electrons. The van der Waals surface area contributed by atoms with Crippen LogP contribution >= 0.6 is 0 Å². The normalized spacial score (nSPS) is 16.4. The highest BCUT2D eigenvalue weighted by Crippen LogP contribution is 2.39. The Balaban J connectivity index is 1.71. The number of amides is 1. The van der Waals surface area contributed by atoms with Gasteiger partial charge in [-0.25, -0.2) is 4.21 Å². The fourth-order valence-corrected chi connectivity index (χ4v) is 5.81. The molecule has 3 aromatic rings. The van der Waals surface area contributed by atoms with E-state index < -0.39 is 45.7 Å². The van der Waals surface area contributed by atoms with Crippen molar-refractivity contribution in [1.82, 2.24) is 0 Å². The van der Waals surface area contributed by atoms with Gasteiger partial charge in [0.1, 0.15) is 16.6 Å². The van der Waals surface area contributed by atoms with Crippen LogP contribution in [0.25, 0.3) is 11.1 Å².